The fourth-order valence-electron chi connectivity index (χ4n) is 3.18. The van der Waals surface area contributed by atoms with Gasteiger partial charge in [-0.1, -0.05) is 48.5 Å². The van der Waals surface area contributed by atoms with Gasteiger partial charge in [0, 0.05) is 41.5 Å². The van der Waals surface area contributed by atoms with E-state index in [9.17, 15) is 14.9 Å². The minimum atomic E-state index is -4.94. The van der Waals surface area contributed by atoms with Crippen LogP contribution in [-0.4, -0.2) is 10.7 Å². The lowest BCUT2D eigenvalue weighted by atomic mass is 10.0. The Morgan fingerprint density at radius 2 is 1.24 bits per heavy atom. The molecule has 0 amide bonds. The van der Waals surface area contributed by atoms with Crippen LogP contribution in [0.15, 0.2) is 103 Å². The molecule has 1 aromatic heterocycles. The van der Waals surface area contributed by atoms with Crippen LogP contribution >= 0.6 is 0 Å². The molecule has 0 fully saturated rings. The third-order valence-corrected chi connectivity index (χ3v) is 4.65. The highest BCUT2D eigenvalue weighted by Gasteiger charge is 2.21. The van der Waals surface area contributed by atoms with Crippen molar-refractivity contribution in [2.24, 2.45) is 0 Å². The number of non-ortho nitro benzene ring substituents is 1. The van der Waals surface area contributed by atoms with Gasteiger partial charge in [0.2, 0.25) is 11.4 Å². The summed E-state index contributed by atoms with van der Waals surface area (Å²) in [5.74, 6) is -0.0825. The topological polar surface area (TPSA) is 156 Å². The van der Waals surface area contributed by atoms with Crippen LogP contribution in [0.5, 0.6) is 0 Å². The molecule has 0 spiro atoms. The van der Waals surface area contributed by atoms with E-state index in [1.165, 1.54) is 12.1 Å². The first-order valence-electron chi connectivity index (χ1n) is 9.71. The number of nitro benzene ring substituents is 1. The smallest absolute Gasteiger partial charge is 0.269 e. The third-order valence-electron chi connectivity index (χ3n) is 4.65. The summed E-state index contributed by atoms with van der Waals surface area (Å²) >= 11 is 0. The minimum Gasteiger partial charge on any atom is -0.288 e. The van der Waals surface area contributed by atoms with E-state index in [2.05, 4.69) is 0 Å². The summed E-state index contributed by atoms with van der Waals surface area (Å²) in [4.78, 5) is 23.5. The van der Waals surface area contributed by atoms with E-state index in [4.69, 9.17) is 18.6 Å². The van der Waals surface area contributed by atoms with Crippen molar-refractivity contribution in [2.75, 3.05) is 0 Å². The quantitative estimate of drug-likeness (QED) is 0.168. The average molecular weight is 481 g/mol. The van der Waals surface area contributed by atoms with Crippen molar-refractivity contribution in [3.05, 3.63) is 124 Å². The molecule has 3 aromatic carbocycles. The van der Waals surface area contributed by atoms with Gasteiger partial charge in [-0.05, 0) is 18.2 Å². The predicted octanol–water partition coefficient (Wildman–Crippen LogP) is 0.0135. The van der Waals surface area contributed by atoms with E-state index in [-0.39, 0.29) is 11.5 Å². The fourth-order valence-corrected chi connectivity index (χ4v) is 3.18. The van der Waals surface area contributed by atoms with Crippen molar-refractivity contribution in [3.8, 4) is 16.9 Å². The normalized spacial score (nSPS) is 10.7. The maximum absolute atomic E-state index is 12.9. The van der Waals surface area contributed by atoms with Crippen LogP contribution in [0, 0.1) is 20.4 Å². The van der Waals surface area contributed by atoms with E-state index in [1.807, 2.05) is 59.2 Å². The summed E-state index contributed by atoms with van der Waals surface area (Å²) in [6.07, 6.45) is 1.78. The molecule has 1 heterocycles. The number of hydrogen-bond acceptors (Lipinski definition) is 7. The zero-order valence-corrected chi connectivity index (χ0v) is 18.2. The number of nitrogens with zero attached hydrogens (tertiary/aromatic N) is 2. The maximum Gasteiger partial charge on any atom is 0.269 e. The second-order valence-electron chi connectivity index (χ2n) is 6.89. The summed E-state index contributed by atoms with van der Waals surface area (Å²) in [5.41, 5.74) is 3.75. The summed E-state index contributed by atoms with van der Waals surface area (Å²) < 4.78 is 35.9. The molecular weight excluding hydrogens is 464 g/mol. The Hall–Kier alpha value is -3.99. The van der Waals surface area contributed by atoms with Crippen molar-refractivity contribution in [3.63, 3.8) is 0 Å². The SMILES string of the molecule is O=C(c1ccccc1)c1ccc(-c2ccccc2)[n+](-c2ccc([N+](=O)[O-])cc2)c1.[O-][Cl+3]([O-])([O-])[O-]. The molecule has 0 aliphatic carbocycles. The Morgan fingerprint density at radius 1 is 0.706 bits per heavy atom. The lowest BCUT2D eigenvalue weighted by Gasteiger charge is -2.17. The Kier molecular flexibility index (Phi) is 7.79. The highest BCUT2D eigenvalue weighted by molar-refractivity contribution is 6.08. The Balaban J connectivity index is 0.000000588. The number of benzene rings is 3. The highest BCUT2D eigenvalue weighted by atomic mass is 35.7. The van der Waals surface area contributed by atoms with Gasteiger partial charge in [-0.2, -0.15) is 4.57 Å². The van der Waals surface area contributed by atoms with Crippen LogP contribution in [0.4, 0.5) is 5.69 Å². The van der Waals surface area contributed by atoms with Gasteiger partial charge in [0.25, 0.3) is 5.69 Å². The van der Waals surface area contributed by atoms with Crippen LogP contribution in [0.25, 0.3) is 16.9 Å². The molecule has 4 rings (SSSR count). The maximum atomic E-state index is 12.9. The van der Waals surface area contributed by atoms with Crippen LogP contribution in [0.3, 0.4) is 0 Å². The fraction of sp³-hybridized carbons (Fsp3) is 0. The van der Waals surface area contributed by atoms with Gasteiger partial charge in [0.15, 0.2) is 12.0 Å². The molecule has 172 valence electrons. The van der Waals surface area contributed by atoms with Gasteiger partial charge in [0.05, 0.1) is 10.5 Å². The number of rotatable bonds is 5. The zero-order valence-electron chi connectivity index (χ0n) is 17.4. The molecule has 0 saturated carbocycles. The van der Waals surface area contributed by atoms with E-state index in [0.717, 1.165) is 16.9 Å². The Morgan fingerprint density at radius 3 is 1.76 bits per heavy atom. The zero-order chi connectivity index (χ0) is 24.7. The lowest BCUT2D eigenvalue weighted by molar-refractivity contribution is -2.00. The van der Waals surface area contributed by atoms with E-state index in [0.29, 0.717) is 11.1 Å². The largest absolute Gasteiger partial charge is 0.288 e. The summed E-state index contributed by atoms with van der Waals surface area (Å²) in [6, 6.07) is 28.9. The second kappa shape index (κ2) is 10.8. The third kappa shape index (κ3) is 6.75. The van der Waals surface area contributed by atoms with E-state index in [1.54, 1.807) is 36.5 Å². The van der Waals surface area contributed by atoms with Gasteiger partial charge in [0.1, 0.15) is 0 Å². The Bertz CT molecular complexity index is 1270. The molecule has 0 unspecified atom stereocenters. The summed E-state index contributed by atoms with van der Waals surface area (Å²) in [5, 5.41) is 11.0. The molecule has 0 saturated heterocycles. The molecule has 0 aliphatic heterocycles. The molecule has 0 radical (unpaired) electrons. The molecule has 10 heteroatoms. The van der Waals surface area contributed by atoms with Gasteiger partial charge in [-0.25, -0.2) is 18.6 Å². The number of nitro groups is 1. The molecule has 0 bridgehead atoms. The first-order valence-corrected chi connectivity index (χ1v) is 10.9. The highest BCUT2D eigenvalue weighted by Crippen LogP contribution is 2.20. The standard InChI is InChI=1S/C24H17N2O3.ClHO4/c27-24(19-9-5-2-6-10-19)20-11-16-23(18-7-3-1-4-8-18)25(17-20)21-12-14-22(15-13-21)26(28)29;2-1(3,4)5/h1-17H;(H,2,3,4,5)/q+1;/p-1. The summed E-state index contributed by atoms with van der Waals surface area (Å²) in [6.45, 7) is 0. The second-order valence-corrected chi connectivity index (χ2v) is 7.64. The monoisotopic (exact) mass is 480 g/mol. The number of aromatic nitrogens is 1. The van der Waals surface area contributed by atoms with Crippen molar-refractivity contribution >= 4 is 11.5 Å². The van der Waals surface area contributed by atoms with E-state index >= 15 is 0 Å². The molecule has 9 nitrogen and oxygen atoms in total. The minimum absolute atomic E-state index is 0.0205. The van der Waals surface area contributed by atoms with Gasteiger partial charge >= 0.3 is 0 Å². The molecule has 0 N–H and O–H groups in total. The van der Waals surface area contributed by atoms with E-state index < -0.39 is 15.2 Å². The van der Waals surface area contributed by atoms with Crippen LogP contribution < -0.4 is 23.2 Å². The van der Waals surface area contributed by atoms with Crippen molar-refractivity contribution < 1.29 is 43.2 Å². The first kappa shape index (κ1) is 24.6. The van der Waals surface area contributed by atoms with Gasteiger partial charge < -0.3 is 0 Å². The molecule has 4 aromatic rings. The Labute approximate surface area is 196 Å². The lowest BCUT2D eigenvalue weighted by Crippen LogP contribution is -2.68. The van der Waals surface area contributed by atoms with Gasteiger partial charge in [-0.15, -0.1) is 10.2 Å². The number of carbonyl (C=O) groups is 1. The van der Waals surface area contributed by atoms with Crippen LogP contribution in [0.2, 0.25) is 0 Å². The van der Waals surface area contributed by atoms with Gasteiger partial charge in [-0.3, -0.25) is 14.9 Å². The number of hydrogen-bond donors (Lipinski definition) is 0. The first-order chi connectivity index (χ1) is 16.1. The molecule has 0 atom stereocenters. The number of ketones is 1. The number of carbonyl (C=O) groups excluding carboxylic acids is 1. The predicted molar refractivity (Wildman–Crippen MR) is 110 cm³/mol. The molecular formula is C24H17ClN2O7. The van der Waals surface area contributed by atoms with Crippen molar-refractivity contribution in [1.82, 2.24) is 0 Å². The summed E-state index contributed by atoms with van der Waals surface area (Å²) in [7, 11) is -4.94. The molecule has 34 heavy (non-hydrogen) atoms. The van der Waals surface area contributed by atoms with Crippen LogP contribution in [-0.2, 0) is 0 Å². The van der Waals surface area contributed by atoms with Crippen molar-refractivity contribution in [1.29, 1.82) is 0 Å². The van der Waals surface area contributed by atoms with Crippen molar-refractivity contribution in [2.45, 2.75) is 0 Å². The number of halogens is 1. The van der Waals surface area contributed by atoms with Crippen LogP contribution in [0.1, 0.15) is 15.9 Å². The average Bonchev–Trinajstić information content (AvgIpc) is 2.83. The number of pyridine rings is 1. The molecule has 0 aliphatic rings.